The molecule has 4 heteroatoms. The maximum atomic E-state index is 11.2. The van der Waals surface area contributed by atoms with Gasteiger partial charge in [-0.05, 0) is 38.5 Å². The Morgan fingerprint density at radius 2 is 1.19 bits per heavy atom. The first-order valence-corrected chi connectivity index (χ1v) is 6.13. The van der Waals surface area contributed by atoms with Gasteiger partial charge >= 0.3 is 11.9 Å². The van der Waals surface area contributed by atoms with E-state index in [1.54, 1.807) is 0 Å². The molecule has 0 aromatic rings. The van der Waals surface area contributed by atoms with Gasteiger partial charge < -0.3 is 9.47 Å². The normalized spacial score (nSPS) is 19.2. The van der Waals surface area contributed by atoms with Gasteiger partial charge in [-0.25, -0.2) is 0 Å². The number of ether oxygens (including phenoxy) is 2. The zero-order chi connectivity index (χ0) is 11.4. The van der Waals surface area contributed by atoms with E-state index in [0.29, 0.717) is 25.7 Å². The van der Waals surface area contributed by atoms with E-state index in [2.05, 4.69) is 0 Å². The van der Waals surface area contributed by atoms with Crippen LogP contribution in [-0.4, -0.2) is 24.1 Å². The number of esters is 2. The second kappa shape index (κ2) is 5.32. The summed E-state index contributed by atoms with van der Waals surface area (Å²) in [6, 6.07) is 0. The highest BCUT2D eigenvalue weighted by molar-refractivity contribution is 5.71. The maximum Gasteiger partial charge on any atom is 0.306 e. The summed E-state index contributed by atoms with van der Waals surface area (Å²) in [5, 5.41) is 0. The number of hydrogen-bond donors (Lipinski definition) is 0. The number of hydrogen-bond acceptors (Lipinski definition) is 4. The van der Waals surface area contributed by atoms with Gasteiger partial charge in [-0.2, -0.15) is 0 Å². The van der Waals surface area contributed by atoms with E-state index >= 15 is 0 Å². The Morgan fingerprint density at radius 3 is 1.50 bits per heavy atom. The van der Waals surface area contributed by atoms with Crippen molar-refractivity contribution in [3.05, 3.63) is 0 Å². The van der Waals surface area contributed by atoms with Gasteiger partial charge in [-0.15, -0.1) is 0 Å². The molecule has 4 nitrogen and oxygen atoms in total. The van der Waals surface area contributed by atoms with Crippen molar-refractivity contribution >= 4 is 11.9 Å². The number of rotatable bonds is 7. The van der Waals surface area contributed by atoms with E-state index < -0.39 is 0 Å². The Morgan fingerprint density at radius 1 is 0.812 bits per heavy atom. The molecule has 16 heavy (non-hydrogen) atoms. The van der Waals surface area contributed by atoms with Gasteiger partial charge in [0.25, 0.3) is 0 Å². The molecule has 0 spiro atoms. The summed E-state index contributed by atoms with van der Waals surface area (Å²) in [5.41, 5.74) is 0. The smallest absolute Gasteiger partial charge is 0.306 e. The predicted octanol–water partition coefficient (Wildman–Crippen LogP) is 1.96. The van der Waals surface area contributed by atoms with Gasteiger partial charge in [0.1, 0.15) is 12.2 Å². The number of carbonyl (C=O) groups excluding carboxylic acids is 2. The third kappa shape index (κ3) is 4.64. The van der Waals surface area contributed by atoms with Gasteiger partial charge in [0.2, 0.25) is 0 Å². The molecule has 0 aromatic heterocycles. The predicted molar refractivity (Wildman–Crippen MR) is 56.7 cm³/mol. The molecule has 0 radical (unpaired) electrons. The van der Waals surface area contributed by atoms with E-state index in [0.717, 1.165) is 25.7 Å². The summed E-state index contributed by atoms with van der Waals surface area (Å²) in [4.78, 5) is 22.4. The van der Waals surface area contributed by atoms with Crippen LogP contribution < -0.4 is 0 Å². The minimum atomic E-state index is -0.127. The monoisotopic (exact) mass is 226 g/mol. The maximum absolute atomic E-state index is 11.2. The van der Waals surface area contributed by atoms with E-state index in [1.807, 2.05) is 0 Å². The van der Waals surface area contributed by atoms with E-state index in [4.69, 9.17) is 9.47 Å². The SMILES string of the molecule is O=C(CCCCC(=O)OC1CC1)OC1CC1. The van der Waals surface area contributed by atoms with Crippen molar-refractivity contribution in [2.75, 3.05) is 0 Å². The summed E-state index contributed by atoms with van der Waals surface area (Å²) in [7, 11) is 0. The molecule has 0 saturated heterocycles. The minimum Gasteiger partial charge on any atom is -0.462 e. The average Bonchev–Trinajstić information content (AvgIpc) is 3.08. The summed E-state index contributed by atoms with van der Waals surface area (Å²) >= 11 is 0. The van der Waals surface area contributed by atoms with E-state index in [-0.39, 0.29) is 24.1 Å². The van der Waals surface area contributed by atoms with Crippen molar-refractivity contribution in [1.82, 2.24) is 0 Å². The van der Waals surface area contributed by atoms with Crippen LogP contribution >= 0.6 is 0 Å². The quantitative estimate of drug-likeness (QED) is 0.492. The van der Waals surface area contributed by atoms with Gasteiger partial charge in [0.05, 0.1) is 0 Å². The van der Waals surface area contributed by atoms with Gasteiger partial charge in [0, 0.05) is 12.8 Å². The summed E-state index contributed by atoms with van der Waals surface area (Å²) in [6.07, 6.45) is 6.70. The van der Waals surface area contributed by atoms with Crippen molar-refractivity contribution in [2.45, 2.75) is 63.6 Å². The fourth-order valence-corrected chi connectivity index (χ4v) is 1.40. The highest BCUT2D eigenvalue weighted by Crippen LogP contribution is 2.25. The van der Waals surface area contributed by atoms with Crippen LogP contribution in [0, 0.1) is 0 Å². The van der Waals surface area contributed by atoms with Crippen LogP contribution in [-0.2, 0) is 19.1 Å². The van der Waals surface area contributed by atoms with Gasteiger partial charge in [-0.1, -0.05) is 0 Å². The standard InChI is InChI=1S/C12H18O4/c13-11(15-9-5-6-9)3-1-2-4-12(14)16-10-7-8-10/h9-10H,1-8H2. The molecule has 2 rings (SSSR count). The average molecular weight is 226 g/mol. The molecule has 0 atom stereocenters. The third-order valence-corrected chi connectivity index (χ3v) is 2.66. The molecule has 2 fully saturated rings. The molecule has 0 bridgehead atoms. The molecule has 90 valence electrons. The summed E-state index contributed by atoms with van der Waals surface area (Å²) in [6.45, 7) is 0. The topological polar surface area (TPSA) is 52.6 Å². The van der Waals surface area contributed by atoms with Crippen LogP contribution in [0.2, 0.25) is 0 Å². The highest BCUT2D eigenvalue weighted by atomic mass is 16.6. The van der Waals surface area contributed by atoms with Crippen LogP contribution in [0.25, 0.3) is 0 Å². The molecule has 0 heterocycles. The van der Waals surface area contributed by atoms with Crippen LogP contribution in [0.3, 0.4) is 0 Å². The molecule has 2 aliphatic rings. The summed E-state index contributed by atoms with van der Waals surface area (Å²) in [5.74, 6) is -0.254. The first kappa shape index (κ1) is 11.4. The molecule has 0 N–H and O–H groups in total. The minimum absolute atomic E-state index is 0.127. The second-order valence-electron chi connectivity index (χ2n) is 4.59. The van der Waals surface area contributed by atoms with Crippen LogP contribution in [0.5, 0.6) is 0 Å². The van der Waals surface area contributed by atoms with Crippen molar-refractivity contribution in [3.63, 3.8) is 0 Å². The largest absolute Gasteiger partial charge is 0.462 e. The Labute approximate surface area is 95.3 Å². The molecule has 0 aromatic carbocycles. The lowest BCUT2D eigenvalue weighted by Gasteiger charge is -2.03. The fraction of sp³-hybridized carbons (Fsp3) is 0.833. The Bertz CT molecular complexity index is 238. The lowest BCUT2D eigenvalue weighted by Crippen LogP contribution is -2.08. The Kier molecular flexibility index (Phi) is 3.80. The van der Waals surface area contributed by atoms with Crippen molar-refractivity contribution in [3.8, 4) is 0 Å². The summed E-state index contributed by atoms with van der Waals surface area (Å²) < 4.78 is 10.2. The Hall–Kier alpha value is -1.06. The lowest BCUT2D eigenvalue weighted by molar-refractivity contribution is -0.147. The number of carbonyl (C=O) groups is 2. The third-order valence-electron chi connectivity index (χ3n) is 2.66. The van der Waals surface area contributed by atoms with Crippen molar-refractivity contribution in [2.24, 2.45) is 0 Å². The van der Waals surface area contributed by atoms with Crippen molar-refractivity contribution in [1.29, 1.82) is 0 Å². The molecular formula is C12H18O4. The molecular weight excluding hydrogens is 208 g/mol. The van der Waals surface area contributed by atoms with Crippen LogP contribution in [0.4, 0.5) is 0 Å². The van der Waals surface area contributed by atoms with Crippen molar-refractivity contribution < 1.29 is 19.1 Å². The van der Waals surface area contributed by atoms with Crippen LogP contribution in [0.15, 0.2) is 0 Å². The molecule has 2 saturated carbocycles. The molecule has 2 aliphatic carbocycles. The van der Waals surface area contributed by atoms with E-state index in [1.165, 1.54) is 0 Å². The fourth-order valence-electron chi connectivity index (χ4n) is 1.40. The molecule has 0 unspecified atom stereocenters. The molecule has 0 aliphatic heterocycles. The lowest BCUT2D eigenvalue weighted by atomic mass is 10.2. The van der Waals surface area contributed by atoms with Gasteiger partial charge in [-0.3, -0.25) is 9.59 Å². The second-order valence-corrected chi connectivity index (χ2v) is 4.59. The molecule has 0 amide bonds. The zero-order valence-electron chi connectivity index (χ0n) is 9.44. The first-order chi connectivity index (χ1) is 7.74. The highest BCUT2D eigenvalue weighted by Gasteiger charge is 2.26. The Balaban J connectivity index is 1.43. The number of unbranched alkanes of at least 4 members (excludes halogenated alkanes) is 1. The van der Waals surface area contributed by atoms with Crippen LogP contribution in [0.1, 0.15) is 51.4 Å². The zero-order valence-corrected chi connectivity index (χ0v) is 9.44. The van der Waals surface area contributed by atoms with Gasteiger partial charge in [0.15, 0.2) is 0 Å². The van der Waals surface area contributed by atoms with E-state index in [9.17, 15) is 9.59 Å². The first-order valence-electron chi connectivity index (χ1n) is 6.13.